The lowest BCUT2D eigenvalue weighted by atomic mass is 10.3. The smallest absolute Gasteiger partial charge is 0.313 e. The van der Waals surface area contributed by atoms with E-state index in [9.17, 15) is 14.7 Å². The molecular weight excluding hydrogens is 220 g/mol. The van der Waals surface area contributed by atoms with E-state index in [1.165, 1.54) is 12.1 Å². The summed E-state index contributed by atoms with van der Waals surface area (Å²) in [5.74, 6) is -1.36. The van der Waals surface area contributed by atoms with E-state index in [1.54, 1.807) is 12.1 Å². The molecule has 0 saturated heterocycles. The van der Waals surface area contributed by atoms with Gasteiger partial charge in [0.25, 0.3) is 0 Å². The highest BCUT2D eigenvalue weighted by atomic mass is 16.3. The SMILES string of the molecule is CCCCNC(=O)C(=O)Nc1cccc(O)c1. The molecule has 0 aromatic heterocycles. The second-order valence-electron chi connectivity index (χ2n) is 3.61. The van der Waals surface area contributed by atoms with Gasteiger partial charge in [-0.25, -0.2) is 0 Å². The summed E-state index contributed by atoms with van der Waals surface area (Å²) in [6.45, 7) is 2.49. The molecule has 0 spiro atoms. The first-order valence-corrected chi connectivity index (χ1v) is 5.51. The van der Waals surface area contributed by atoms with Gasteiger partial charge < -0.3 is 15.7 Å². The molecule has 0 atom stereocenters. The van der Waals surface area contributed by atoms with Gasteiger partial charge in [0.15, 0.2) is 0 Å². The maximum absolute atomic E-state index is 11.4. The zero-order chi connectivity index (χ0) is 12.7. The van der Waals surface area contributed by atoms with Crippen LogP contribution in [0.4, 0.5) is 5.69 Å². The average molecular weight is 236 g/mol. The molecule has 1 aromatic carbocycles. The summed E-state index contributed by atoms with van der Waals surface area (Å²) in [6.07, 6.45) is 1.79. The van der Waals surface area contributed by atoms with Crippen molar-refractivity contribution in [2.45, 2.75) is 19.8 Å². The Bertz CT molecular complexity index is 404. The quantitative estimate of drug-likeness (QED) is 0.543. The number of benzene rings is 1. The van der Waals surface area contributed by atoms with E-state index >= 15 is 0 Å². The Morgan fingerprint density at radius 1 is 1.29 bits per heavy atom. The van der Waals surface area contributed by atoms with Crippen LogP contribution in [0.3, 0.4) is 0 Å². The van der Waals surface area contributed by atoms with Crippen LogP contribution in [0.2, 0.25) is 0 Å². The molecule has 0 aliphatic rings. The van der Waals surface area contributed by atoms with Crippen LogP contribution in [0.1, 0.15) is 19.8 Å². The Morgan fingerprint density at radius 2 is 2.06 bits per heavy atom. The van der Waals surface area contributed by atoms with Gasteiger partial charge in [-0.05, 0) is 18.6 Å². The number of phenols is 1. The normalized spacial score (nSPS) is 9.71. The summed E-state index contributed by atoms with van der Waals surface area (Å²) < 4.78 is 0. The lowest BCUT2D eigenvalue weighted by Gasteiger charge is -2.06. The molecule has 17 heavy (non-hydrogen) atoms. The standard InChI is InChI=1S/C12H16N2O3/c1-2-3-7-13-11(16)12(17)14-9-5-4-6-10(15)8-9/h4-6,8,15H,2-3,7H2,1H3,(H,13,16)(H,14,17). The van der Waals surface area contributed by atoms with Gasteiger partial charge in [-0.15, -0.1) is 0 Å². The van der Waals surface area contributed by atoms with Crippen LogP contribution < -0.4 is 10.6 Å². The first-order chi connectivity index (χ1) is 8.13. The minimum Gasteiger partial charge on any atom is -0.508 e. The second-order valence-corrected chi connectivity index (χ2v) is 3.61. The van der Waals surface area contributed by atoms with Crippen LogP contribution in [0.15, 0.2) is 24.3 Å². The fraction of sp³-hybridized carbons (Fsp3) is 0.333. The highest BCUT2D eigenvalue weighted by molar-refractivity contribution is 6.39. The van der Waals surface area contributed by atoms with Crippen molar-refractivity contribution in [3.8, 4) is 5.75 Å². The predicted octanol–water partition coefficient (Wildman–Crippen LogP) is 1.25. The summed E-state index contributed by atoms with van der Waals surface area (Å²) in [7, 11) is 0. The van der Waals surface area contributed by atoms with Crippen molar-refractivity contribution in [3.63, 3.8) is 0 Å². The third-order valence-corrected chi connectivity index (χ3v) is 2.13. The molecular formula is C12H16N2O3. The van der Waals surface area contributed by atoms with Crippen LogP contribution in [0.25, 0.3) is 0 Å². The van der Waals surface area contributed by atoms with Crippen LogP contribution in [-0.4, -0.2) is 23.5 Å². The molecule has 0 fully saturated rings. The van der Waals surface area contributed by atoms with Gasteiger partial charge in [0.1, 0.15) is 5.75 Å². The number of hydrogen-bond donors (Lipinski definition) is 3. The van der Waals surface area contributed by atoms with Crippen molar-refractivity contribution < 1.29 is 14.7 Å². The van der Waals surface area contributed by atoms with Crippen LogP contribution in [0, 0.1) is 0 Å². The lowest BCUT2D eigenvalue weighted by molar-refractivity contribution is -0.136. The number of nitrogens with one attached hydrogen (secondary N) is 2. The van der Waals surface area contributed by atoms with Crippen molar-refractivity contribution in [1.29, 1.82) is 0 Å². The van der Waals surface area contributed by atoms with Crippen molar-refractivity contribution >= 4 is 17.5 Å². The highest BCUT2D eigenvalue weighted by Crippen LogP contribution is 2.14. The molecule has 0 bridgehead atoms. The molecule has 0 aliphatic carbocycles. The van der Waals surface area contributed by atoms with E-state index in [0.29, 0.717) is 12.2 Å². The highest BCUT2D eigenvalue weighted by Gasteiger charge is 2.12. The number of rotatable bonds is 4. The Labute approximate surface area is 99.8 Å². The molecule has 0 unspecified atom stereocenters. The Balaban J connectivity index is 2.46. The van der Waals surface area contributed by atoms with E-state index in [4.69, 9.17) is 0 Å². The van der Waals surface area contributed by atoms with E-state index in [0.717, 1.165) is 12.8 Å². The summed E-state index contributed by atoms with van der Waals surface area (Å²) in [6, 6.07) is 6.03. The Kier molecular flexibility index (Phi) is 5.00. The maximum atomic E-state index is 11.4. The molecule has 2 amide bonds. The fourth-order valence-electron chi connectivity index (χ4n) is 1.23. The summed E-state index contributed by atoms with van der Waals surface area (Å²) in [4.78, 5) is 22.7. The molecule has 0 radical (unpaired) electrons. The molecule has 0 heterocycles. The first-order valence-electron chi connectivity index (χ1n) is 5.51. The van der Waals surface area contributed by atoms with Crippen LogP contribution >= 0.6 is 0 Å². The zero-order valence-corrected chi connectivity index (χ0v) is 9.69. The number of phenolic OH excluding ortho intramolecular Hbond substituents is 1. The number of carbonyl (C=O) groups is 2. The van der Waals surface area contributed by atoms with Gasteiger partial charge in [-0.2, -0.15) is 0 Å². The van der Waals surface area contributed by atoms with Gasteiger partial charge >= 0.3 is 11.8 Å². The van der Waals surface area contributed by atoms with Gasteiger partial charge in [0, 0.05) is 18.3 Å². The van der Waals surface area contributed by atoms with E-state index in [-0.39, 0.29) is 5.75 Å². The monoisotopic (exact) mass is 236 g/mol. The first kappa shape index (κ1) is 13.0. The summed E-state index contributed by atoms with van der Waals surface area (Å²) in [5.41, 5.74) is 0.389. The molecule has 3 N–H and O–H groups in total. The van der Waals surface area contributed by atoms with Crippen molar-refractivity contribution in [2.24, 2.45) is 0 Å². The maximum Gasteiger partial charge on any atom is 0.313 e. The minimum atomic E-state index is -0.730. The molecule has 0 saturated carbocycles. The summed E-state index contributed by atoms with van der Waals surface area (Å²) in [5, 5.41) is 14.1. The molecule has 5 heteroatoms. The van der Waals surface area contributed by atoms with Gasteiger partial charge in [-0.1, -0.05) is 19.4 Å². The van der Waals surface area contributed by atoms with Gasteiger partial charge in [0.05, 0.1) is 0 Å². The second kappa shape index (κ2) is 6.52. The number of hydrogen-bond acceptors (Lipinski definition) is 3. The molecule has 1 rings (SSSR count). The van der Waals surface area contributed by atoms with Gasteiger partial charge in [-0.3, -0.25) is 9.59 Å². The van der Waals surface area contributed by atoms with E-state index in [2.05, 4.69) is 10.6 Å². The van der Waals surface area contributed by atoms with Crippen molar-refractivity contribution in [1.82, 2.24) is 5.32 Å². The Morgan fingerprint density at radius 3 is 2.71 bits per heavy atom. The molecule has 5 nitrogen and oxygen atoms in total. The topological polar surface area (TPSA) is 78.4 Å². The van der Waals surface area contributed by atoms with E-state index in [1.807, 2.05) is 6.92 Å². The lowest BCUT2D eigenvalue weighted by Crippen LogP contribution is -2.35. The predicted molar refractivity (Wildman–Crippen MR) is 64.7 cm³/mol. The van der Waals surface area contributed by atoms with E-state index < -0.39 is 11.8 Å². The largest absolute Gasteiger partial charge is 0.508 e. The number of anilines is 1. The fourth-order valence-corrected chi connectivity index (χ4v) is 1.23. The minimum absolute atomic E-state index is 0.0363. The van der Waals surface area contributed by atoms with Crippen LogP contribution in [0.5, 0.6) is 5.75 Å². The zero-order valence-electron chi connectivity index (χ0n) is 9.69. The summed E-state index contributed by atoms with van der Waals surface area (Å²) >= 11 is 0. The third kappa shape index (κ3) is 4.55. The van der Waals surface area contributed by atoms with Crippen LogP contribution in [-0.2, 0) is 9.59 Å². The third-order valence-electron chi connectivity index (χ3n) is 2.13. The van der Waals surface area contributed by atoms with Gasteiger partial charge in [0.2, 0.25) is 0 Å². The number of aromatic hydroxyl groups is 1. The Hall–Kier alpha value is -2.04. The number of amides is 2. The van der Waals surface area contributed by atoms with Crippen molar-refractivity contribution in [2.75, 3.05) is 11.9 Å². The number of carbonyl (C=O) groups excluding carboxylic acids is 2. The van der Waals surface area contributed by atoms with Crippen molar-refractivity contribution in [3.05, 3.63) is 24.3 Å². The number of unbranched alkanes of at least 4 members (excludes halogenated alkanes) is 1. The molecule has 92 valence electrons. The molecule has 0 aliphatic heterocycles. The average Bonchev–Trinajstić information content (AvgIpc) is 2.29. The molecule has 1 aromatic rings.